The lowest BCUT2D eigenvalue weighted by atomic mass is 9.98. The van der Waals surface area contributed by atoms with Crippen LogP contribution in [0.25, 0.3) is 0 Å². The fraction of sp³-hybridized carbons (Fsp3) is 0.318. The summed E-state index contributed by atoms with van der Waals surface area (Å²) in [7, 11) is 0. The van der Waals surface area contributed by atoms with Gasteiger partial charge in [-0.1, -0.05) is 19.1 Å². The highest BCUT2D eigenvalue weighted by Gasteiger charge is 2.21. The van der Waals surface area contributed by atoms with Gasteiger partial charge in [-0.3, -0.25) is 4.79 Å². The molecule has 0 aliphatic carbocycles. The number of piperidine rings is 1. The number of hydrogen-bond acceptors (Lipinski definition) is 3. The van der Waals surface area contributed by atoms with Gasteiger partial charge in [0, 0.05) is 30.9 Å². The molecule has 2 aromatic rings. The first-order chi connectivity index (χ1) is 13.9. The minimum absolute atomic E-state index is 0.0257. The van der Waals surface area contributed by atoms with E-state index in [1.54, 1.807) is 36.4 Å². The normalized spacial score (nSPS) is 14.3. The van der Waals surface area contributed by atoms with Gasteiger partial charge in [0.15, 0.2) is 0 Å². The first kappa shape index (κ1) is 20.4. The molecule has 0 spiro atoms. The quantitative estimate of drug-likeness (QED) is 0.721. The van der Waals surface area contributed by atoms with Crippen molar-refractivity contribution >= 4 is 23.6 Å². The van der Waals surface area contributed by atoms with Crippen molar-refractivity contribution in [2.45, 2.75) is 26.3 Å². The van der Waals surface area contributed by atoms with Gasteiger partial charge < -0.3 is 20.6 Å². The molecule has 2 aromatic carbocycles. The Morgan fingerprint density at radius 2 is 1.55 bits per heavy atom. The number of anilines is 1. The van der Waals surface area contributed by atoms with Crippen molar-refractivity contribution in [3.8, 4) is 0 Å². The van der Waals surface area contributed by atoms with Crippen LogP contribution < -0.4 is 10.6 Å². The SMILES string of the molecule is CC1CCN(C(=O)c2ccc(NC(=O)NCc3ccc(C(=O)O)cc3)cc2)CC1. The zero-order valence-electron chi connectivity index (χ0n) is 16.4. The number of urea groups is 1. The molecule has 1 heterocycles. The van der Waals surface area contributed by atoms with E-state index in [1.165, 1.54) is 12.1 Å². The van der Waals surface area contributed by atoms with Crippen molar-refractivity contribution in [3.63, 3.8) is 0 Å². The molecule has 7 heteroatoms. The molecule has 0 saturated carbocycles. The number of carbonyl (C=O) groups is 3. The van der Waals surface area contributed by atoms with Crippen LogP contribution in [0.1, 0.15) is 46.0 Å². The monoisotopic (exact) mass is 395 g/mol. The van der Waals surface area contributed by atoms with E-state index in [2.05, 4.69) is 17.6 Å². The standard InChI is InChI=1S/C22H25N3O4/c1-15-10-12-25(13-11-15)20(26)17-6-8-19(9-7-17)24-22(29)23-14-16-2-4-18(5-3-16)21(27)28/h2-9,15H,10-14H2,1H3,(H,27,28)(H2,23,24,29). The van der Waals surface area contributed by atoms with Crippen molar-refractivity contribution in [1.82, 2.24) is 10.2 Å². The molecule has 152 valence electrons. The summed E-state index contributed by atoms with van der Waals surface area (Å²) < 4.78 is 0. The van der Waals surface area contributed by atoms with Crippen LogP contribution in [0.15, 0.2) is 48.5 Å². The molecule has 0 radical (unpaired) electrons. The van der Waals surface area contributed by atoms with Gasteiger partial charge in [-0.15, -0.1) is 0 Å². The van der Waals surface area contributed by atoms with Crippen LogP contribution in [0.4, 0.5) is 10.5 Å². The number of nitrogens with one attached hydrogen (secondary N) is 2. The van der Waals surface area contributed by atoms with E-state index in [9.17, 15) is 14.4 Å². The highest BCUT2D eigenvalue weighted by atomic mass is 16.4. The second kappa shape index (κ2) is 9.23. The molecule has 0 aromatic heterocycles. The third-order valence-corrected chi connectivity index (χ3v) is 5.11. The van der Waals surface area contributed by atoms with Gasteiger partial charge in [-0.25, -0.2) is 9.59 Å². The summed E-state index contributed by atoms with van der Waals surface area (Å²) >= 11 is 0. The average Bonchev–Trinajstić information content (AvgIpc) is 2.73. The summed E-state index contributed by atoms with van der Waals surface area (Å²) in [5.74, 6) is -0.295. The molecule has 1 saturated heterocycles. The highest BCUT2D eigenvalue weighted by molar-refractivity contribution is 5.95. The fourth-order valence-electron chi connectivity index (χ4n) is 3.21. The average molecular weight is 395 g/mol. The summed E-state index contributed by atoms with van der Waals surface area (Å²) in [6, 6.07) is 12.8. The number of likely N-dealkylation sites (tertiary alicyclic amines) is 1. The maximum atomic E-state index is 12.6. The maximum absolute atomic E-state index is 12.6. The third kappa shape index (κ3) is 5.57. The Hall–Kier alpha value is -3.35. The zero-order chi connectivity index (χ0) is 20.8. The van der Waals surface area contributed by atoms with Crippen molar-refractivity contribution in [3.05, 3.63) is 65.2 Å². The van der Waals surface area contributed by atoms with Gasteiger partial charge in [0.05, 0.1) is 5.56 Å². The Labute approximate surface area is 169 Å². The molecule has 0 unspecified atom stereocenters. The minimum Gasteiger partial charge on any atom is -0.478 e. The first-order valence-electron chi connectivity index (χ1n) is 9.69. The molecule has 0 bridgehead atoms. The summed E-state index contributed by atoms with van der Waals surface area (Å²) in [6.07, 6.45) is 2.06. The minimum atomic E-state index is -0.987. The Morgan fingerprint density at radius 1 is 0.966 bits per heavy atom. The summed E-state index contributed by atoms with van der Waals surface area (Å²) in [5.41, 5.74) is 2.20. The van der Waals surface area contributed by atoms with E-state index in [0.29, 0.717) is 17.2 Å². The van der Waals surface area contributed by atoms with Crippen molar-refractivity contribution in [1.29, 1.82) is 0 Å². The predicted molar refractivity (Wildman–Crippen MR) is 110 cm³/mol. The fourth-order valence-corrected chi connectivity index (χ4v) is 3.21. The molecule has 3 amide bonds. The van der Waals surface area contributed by atoms with Crippen LogP contribution in [0.5, 0.6) is 0 Å². The van der Waals surface area contributed by atoms with E-state index in [0.717, 1.165) is 31.5 Å². The highest BCUT2D eigenvalue weighted by Crippen LogP contribution is 2.19. The zero-order valence-corrected chi connectivity index (χ0v) is 16.4. The van der Waals surface area contributed by atoms with Gasteiger partial charge in [0.2, 0.25) is 0 Å². The van der Waals surface area contributed by atoms with Crippen LogP contribution in [-0.4, -0.2) is 41.0 Å². The third-order valence-electron chi connectivity index (χ3n) is 5.11. The van der Waals surface area contributed by atoms with E-state index in [-0.39, 0.29) is 24.0 Å². The Bertz CT molecular complexity index is 870. The molecule has 1 aliphatic rings. The molecule has 0 atom stereocenters. The number of aromatic carboxylic acids is 1. The van der Waals surface area contributed by atoms with Gasteiger partial charge >= 0.3 is 12.0 Å². The Balaban J connectivity index is 1.49. The lowest BCUT2D eigenvalue weighted by Gasteiger charge is -2.30. The topological polar surface area (TPSA) is 98.7 Å². The number of rotatable bonds is 5. The molecule has 29 heavy (non-hydrogen) atoms. The summed E-state index contributed by atoms with van der Waals surface area (Å²) in [5, 5.41) is 14.3. The van der Waals surface area contributed by atoms with Gasteiger partial charge in [0.25, 0.3) is 5.91 Å². The Kier molecular flexibility index (Phi) is 6.49. The van der Waals surface area contributed by atoms with Crippen LogP contribution >= 0.6 is 0 Å². The van der Waals surface area contributed by atoms with E-state index >= 15 is 0 Å². The largest absolute Gasteiger partial charge is 0.478 e. The number of carboxylic acids is 1. The number of hydrogen-bond donors (Lipinski definition) is 3. The lowest BCUT2D eigenvalue weighted by molar-refractivity contribution is 0.0688. The molecule has 3 N–H and O–H groups in total. The van der Waals surface area contributed by atoms with E-state index in [4.69, 9.17) is 5.11 Å². The Morgan fingerprint density at radius 3 is 2.14 bits per heavy atom. The number of nitrogens with zero attached hydrogens (tertiary/aromatic N) is 1. The molecule has 1 fully saturated rings. The molecular formula is C22H25N3O4. The second-order valence-corrected chi connectivity index (χ2v) is 7.36. The van der Waals surface area contributed by atoms with Crippen LogP contribution in [0, 0.1) is 5.92 Å². The van der Waals surface area contributed by atoms with Gasteiger partial charge in [-0.2, -0.15) is 0 Å². The van der Waals surface area contributed by atoms with E-state index in [1.807, 2.05) is 4.90 Å². The molecule has 3 rings (SSSR count). The maximum Gasteiger partial charge on any atom is 0.335 e. The van der Waals surface area contributed by atoms with Crippen LogP contribution in [-0.2, 0) is 6.54 Å². The number of carbonyl (C=O) groups excluding carboxylic acids is 2. The van der Waals surface area contributed by atoms with Gasteiger partial charge in [0.1, 0.15) is 0 Å². The number of carboxylic acid groups (broad SMARTS) is 1. The van der Waals surface area contributed by atoms with Crippen LogP contribution in [0.2, 0.25) is 0 Å². The lowest BCUT2D eigenvalue weighted by Crippen LogP contribution is -2.37. The molecule has 1 aliphatic heterocycles. The summed E-state index contributed by atoms with van der Waals surface area (Å²) in [4.78, 5) is 37.3. The number of benzene rings is 2. The van der Waals surface area contributed by atoms with Crippen molar-refractivity contribution < 1.29 is 19.5 Å². The first-order valence-corrected chi connectivity index (χ1v) is 9.69. The van der Waals surface area contributed by atoms with Crippen molar-refractivity contribution in [2.24, 2.45) is 5.92 Å². The van der Waals surface area contributed by atoms with Gasteiger partial charge in [-0.05, 0) is 60.7 Å². The predicted octanol–water partition coefficient (Wildman–Crippen LogP) is 3.58. The number of amides is 3. The smallest absolute Gasteiger partial charge is 0.335 e. The summed E-state index contributed by atoms with van der Waals surface area (Å²) in [6.45, 7) is 4.06. The van der Waals surface area contributed by atoms with E-state index < -0.39 is 5.97 Å². The molecular weight excluding hydrogens is 370 g/mol. The molecule has 7 nitrogen and oxygen atoms in total. The van der Waals surface area contributed by atoms with Crippen LogP contribution in [0.3, 0.4) is 0 Å². The second-order valence-electron chi connectivity index (χ2n) is 7.36. The van der Waals surface area contributed by atoms with Crippen molar-refractivity contribution in [2.75, 3.05) is 18.4 Å².